The van der Waals surface area contributed by atoms with Gasteiger partial charge in [0.15, 0.2) is 0 Å². The maximum absolute atomic E-state index is 12.7. The fraction of sp³-hybridized carbons (Fsp3) is 0.125. The Hall–Kier alpha value is -5.24. The summed E-state index contributed by atoms with van der Waals surface area (Å²) in [6, 6.07) is 17.4. The van der Waals surface area contributed by atoms with Gasteiger partial charge in [-0.05, 0) is 77.8 Å². The summed E-state index contributed by atoms with van der Waals surface area (Å²) in [6.07, 6.45) is 0. The van der Waals surface area contributed by atoms with Crippen LogP contribution in [0.25, 0.3) is 33.4 Å². The van der Waals surface area contributed by atoms with Crippen LogP contribution in [0, 0.1) is 27.7 Å². The number of carboxylic acids is 4. The second kappa shape index (κ2) is 10.5. The van der Waals surface area contributed by atoms with Crippen molar-refractivity contribution < 1.29 is 39.6 Å². The Kier molecular flexibility index (Phi) is 7.29. The summed E-state index contributed by atoms with van der Waals surface area (Å²) in [4.78, 5) is 50.0. The van der Waals surface area contributed by atoms with Crippen LogP contribution in [0.4, 0.5) is 0 Å². The predicted molar refractivity (Wildman–Crippen MR) is 150 cm³/mol. The van der Waals surface area contributed by atoms with Crippen LogP contribution in [0.5, 0.6) is 0 Å². The average molecular weight is 539 g/mol. The van der Waals surface area contributed by atoms with Gasteiger partial charge in [0.1, 0.15) is 0 Å². The first kappa shape index (κ1) is 27.8. The first-order valence-electron chi connectivity index (χ1n) is 12.3. The largest absolute Gasteiger partial charge is 0.478 e. The number of carboxylic acid groups (broad SMARTS) is 4. The van der Waals surface area contributed by atoms with Crippen molar-refractivity contribution in [1.82, 2.24) is 0 Å². The normalized spacial score (nSPS) is 10.8. The van der Waals surface area contributed by atoms with E-state index in [1.165, 1.54) is 20.8 Å². The molecule has 40 heavy (non-hydrogen) atoms. The van der Waals surface area contributed by atoms with Gasteiger partial charge >= 0.3 is 23.9 Å². The molecule has 8 nitrogen and oxygen atoms in total. The zero-order valence-electron chi connectivity index (χ0n) is 22.2. The minimum absolute atomic E-state index is 0.119. The maximum atomic E-state index is 12.7. The molecule has 0 bridgehead atoms. The lowest BCUT2D eigenvalue weighted by Gasteiger charge is -2.27. The molecule has 0 heterocycles. The van der Waals surface area contributed by atoms with Crippen LogP contribution in [0.15, 0.2) is 60.7 Å². The van der Waals surface area contributed by atoms with Crippen molar-refractivity contribution in [2.45, 2.75) is 27.7 Å². The van der Waals surface area contributed by atoms with Gasteiger partial charge in [0.05, 0.1) is 22.3 Å². The van der Waals surface area contributed by atoms with Gasteiger partial charge in [0.25, 0.3) is 0 Å². The van der Waals surface area contributed by atoms with Gasteiger partial charge in [-0.3, -0.25) is 0 Å². The Bertz CT molecular complexity index is 1720. The van der Waals surface area contributed by atoms with Crippen molar-refractivity contribution in [3.8, 4) is 33.4 Å². The lowest BCUT2D eigenvalue weighted by atomic mass is 9.75. The van der Waals surface area contributed by atoms with Gasteiger partial charge in [-0.25, -0.2) is 19.2 Å². The summed E-state index contributed by atoms with van der Waals surface area (Å²) in [5.41, 5.74) is 1.57. The molecule has 0 aliphatic heterocycles. The highest BCUT2D eigenvalue weighted by Crippen LogP contribution is 2.49. The summed E-state index contributed by atoms with van der Waals surface area (Å²) >= 11 is 0. The highest BCUT2D eigenvalue weighted by molar-refractivity contribution is 6.15. The average Bonchev–Trinajstić information content (AvgIpc) is 2.91. The summed E-state index contributed by atoms with van der Waals surface area (Å²) in [5, 5.41) is 40.7. The fourth-order valence-electron chi connectivity index (χ4n) is 5.52. The molecule has 4 aromatic carbocycles. The van der Waals surface area contributed by atoms with E-state index < -0.39 is 40.6 Å². The van der Waals surface area contributed by atoms with Gasteiger partial charge < -0.3 is 20.4 Å². The van der Waals surface area contributed by atoms with Crippen molar-refractivity contribution >= 4 is 23.9 Å². The van der Waals surface area contributed by atoms with Gasteiger partial charge in [-0.2, -0.15) is 0 Å². The molecule has 0 atom stereocenters. The molecule has 8 heteroatoms. The van der Waals surface area contributed by atoms with E-state index in [0.29, 0.717) is 33.4 Å². The van der Waals surface area contributed by atoms with E-state index in [1.54, 1.807) is 67.6 Å². The van der Waals surface area contributed by atoms with Crippen molar-refractivity contribution in [2.24, 2.45) is 0 Å². The van der Waals surface area contributed by atoms with Crippen LogP contribution in [0.1, 0.15) is 63.7 Å². The monoisotopic (exact) mass is 538 g/mol. The number of carbonyl (C=O) groups is 4. The zero-order chi connectivity index (χ0) is 29.5. The molecule has 0 aromatic heterocycles. The third-order valence-electron chi connectivity index (χ3n) is 7.29. The van der Waals surface area contributed by atoms with Gasteiger partial charge in [0.2, 0.25) is 0 Å². The third kappa shape index (κ3) is 4.39. The van der Waals surface area contributed by atoms with Crippen molar-refractivity contribution in [3.63, 3.8) is 0 Å². The second-order valence-corrected chi connectivity index (χ2v) is 9.45. The summed E-state index contributed by atoms with van der Waals surface area (Å²) in [5.74, 6) is -5.73. The minimum Gasteiger partial charge on any atom is -0.478 e. The molecule has 0 unspecified atom stereocenters. The fourth-order valence-corrected chi connectivity index (χ4v) is 5.52. The number of hydrogen-bond acceptors (Lipinski definition) is 4. The Balaban J connectivity index is 2.42. The van der Waals surface area contributed by atoms with Crippen LogP contribution in [0.2, 0.25) is 0 Å². The van der Waals surface area contributed by atoms with E-state index in [-0.39, 0.29) is 27.8 Å². The van der Waals surface area contributed by atoms with Crippen LogP contribution in [0.3, 0.4) is 0 Å². The van der Waals surface area contributed by atoms with Crippen LogP contribution < -0.4 is 0 Å². The summed E-state index contributed by atoms with van der Waals surface area (Å²) < 4.78 is 0. The first-order chi connectivity index (χ1) is 18.9. The molecule has 0 aliphatic carbocycles. The van der Waals surface area contributed by atoms with E-state index in [0.717, 1.165) is 0 Å². The lowest BCUT2D eigenvalue weighted by molar-refractivity contribution is 0.0650. The summed E-state index contributed by atoms with van der Waals surface area (Å²) in [7, 11) is 0. The van der Waals surface area contributed by atoms with E-state index >= 15 is 0 Å². The predicted octanol–water partition coefficient (Wildman–Crippen LogP) is 6.71. The molecule has 0 radical (unpaired) electrons. The van der Waals surface area contributed by atoms with Gasteiger partial charge in [-0.15, -0.1) is 0 Å². The molecule has 202 valence electrons. The first-order valence-corrected chi connectivity index (χ1v) is 12.3. The van der Waals surface area contributed by atoms with Crippen LogP contribution in [-0.4, -0.2) is 44.3 Å². The zero-order valence-corrected chi connectivity index (χ0v) is 22.2. The third-order valence-corrected chi connectivity index (χ3v) is 7.29. The molecule has 0 aliphatic rings. The maximum Gasteiger partial charge on any atom is 0.337 e. The highest BCUT2D eigenvalue weighted by atomic mass is 16.4. The highest BCUT2D eigenvalue weighted by Gasteiger charge is 2.34. The molecule has 0 amide bonds. The smallest absolute Gasteiger partial charge is 0.337 e. The molecule has 4 aromatic rings. The Labute approximate surface area is 229 Å². The second-order valence-electron chi connectivity index (χ2n) is 9.45. The van der Waals surface area contributed by atoms with Gasteiger partial charge in [0, 0.05) is 5.56 Å². The Morgan fingerprint density at radius 1 is 0.400 bits per heavy atom. The van der Waals surface area contributed by atoms with E-state index in [2.05, 4.69) is 0 Å². The molecule has 0 fully saturated rings. The van der Waals surface area contributed by atoms with Crippen molar-refractivity contribution in [1.29, 1.82) is 0 Å². The molecular weight excluding hydrogens is 512 g/mol. The van der Waals surface area contributed by atoms with Crippen LogP contribution in [-0.2, 0) is 0 Å². The van der Waals surface area contributed by atoms with E-state index in [4.69, 9.17) is 0 Å². The lowest BCUT2D eigenvalue weighted by Crippen LogP contribution is -2.18. The number of hydrogen-bond donors (Lipinski definition) is 4. The SMILES string of the molecule is Cc1c(C)c(-c2c(C)c(C(=O)O)c(C(=O)O)c(-c3ccccc3)c2-c2ccccc2)c(C)c(C(=O)O)c1C(=O)O. The Morgan fingerprint density at radius 3 is 1.18 bits per heavy atom. The molecule has 4 N–H and O–H groups in total. The standard InChI is InChI=1S/C32H26O8/c1-15-16(2)23(29(33)34)24(30(35)36)17(3)21(15)22-18(4)25(31(37)38)28(32(39)40)27(20-13-9-6-10-14-20)26(22)19-11-7-5-8-12-19/h5-14H,1-4H3,(H,33,34)(H,35,36)(H,37,38)(H,39,40). The summed E-state index contributed by atoms with van der Waals surface area (Å²) in [6.45, 7) is 6.14. The molecule has 4 rings (SSSR count). The quantitative estimate of drug-likeness (QED) is 0.203. The van der Waals surface area contributed by atoms with E-state index in [1.807, 2.05) is 0 Å². The molecule has 0 saturated carbocycles. The molecule has 0 spiro atoms. The molecular formula is C32H26O8. The topological polar surface area (TPSA) is 149 Å². The minimum atomic E-state index is -1.46. The number of benzene rings is 4. The van der Waals surface area contributed by atoms with Crippen LogP contribution >= 0.6 is 0 Å². The van der Waals surface area contributed by atoms with E-state index in [9.17, 15) is 39.6 Å². The number of rotatable bonds is 7. The van der Waals surface area contributed by atoms with Gasteiger partial charge in [-0.1, -0.05) is 60.7 Å². The number of aromatic carboxylic acids is 4. The van der Waals surface area contributed by atoms with Crippen molar-refractivity contribution in [2.75, 3.05) is 0 Å². The molecule has 0 saturated heterocycles. The van der Waals surface area contributed by atoms with Crippen molar-refractivity contribution in [3.05, 3.63) is 105 Å². The Morgan fingerprint density at radius 2 is 0.750 bits per heavy atom.